The minimum Gasteiger partial charge on any atom is -0.334 e. The van der Waals surface area contributed by atoms with Crippen molar-refractivity contribution in [1.29, 1.82) is 0 Å². The smallest absolute Gasteiger partial charge is 0.320 e. The summed E-state index contributed by atoms with van der Waals surface area (Å²) in [6.45, 7) is 0.411. The number of pyridine rings is 1. The molecule has 2 aromatic carbocycles. The highest BCUT2D eigenvalue weighted by Gasteiger charge is 2.08. The predicted octanol–water partition coefficient (Wildman–Crippen LogP) is 4.76. The van der Waals surface area contributed by atoms with Gasteiger partial charge in [0.15, 0.2) is 5.82 Å². The summed E-state index contributed by atoms with van der Waals surface area (Å²) in [6.07, 6.45) is 3.65. The van der Waals surface area contributed by atoms with Crippen LogP contribution in [0.25, 0.3) is 22.2 Å². The van der Waals surface area contributed by atoms with E-state index in [1.54, 1.807) is 4.52 Å². The number of carbonyl (C=O) groups is 1. The topological polar surface area (TPSA) is 76.2 Å². The van der Waals surface area contributed by atoms with E-state index in [0.717, 1.165) is 32.3 Å². The molecule has 0 radical (unpaired) electrons. The number of urea groups is 1. The molecule has 0 saturated carbocycles. The van der Waals surface area contributed by atoms with Crippen molar-refractivity contribution in [1.82, 2.24) is 24.5 Å². The molecule has 2 amide bonds. The molecule has 0 atom stereocenters. The molecular weight excluding hydrogens is 444 g/mol. The van der Waals surface area contributed by atoms with Crippen LogP contribution in [0, 0.1) is 0 Å². The molecule has 0 aliphatic rings. The van der Waals surface area contributed by atoms with Gasteiger partial charge in [-0.3, -0.25) is 9.88 Å². The van der Waals surface area contributed by atoms with E-state index >= 15 is 0 Å². The maximum absolute atomic E-state index is 12.3. The van der Waals surface area contributed by atoms with Crippen LogP contribution in [0.3, 0.4) is 0 Å². The summed E-state index contributed by atoms with van der Waals surface area (Å²) in [5, 5.41) is 9.97. The molecule has 0 unspecified atom stereocenters. The van der Waals surface area contributed by atoms with Crippen LogP contribution in [-0.2, 0) is 6.54 Å². The summed E-state index contributed by atoms with van der Waals surface area (Å²) in [5.74, 6) is 0.488. The maximum atomic E-state index is 12.3. The Bertz CT molecular complexity index is 1360. The lowest BCUT2D eigenvalue weighted by atomic mass is 10.2. The normalized spacial score (nSPS) is 11.1. The van der Waals surface area contributed by atoms with E-state index in [0.29, 0.717) is 12.4 Å². The van der Waals surface area contributed by atoms with Crippen LogP contribution in [0.4, 0.5) is 10.6 Å². The molecule has 5 aromatic rings. The van der Waals surface area contributed by atoms with Gasteiger partial charge in [-0.05, 0) is 57.9 Å². The Morgan fingerprint density at radius 3 is 2.67 bits per heavy atom. The lowest BCUT2D eigenvalue weighted by Crippen LogP contribution is -2.28. The zero-order valence-electron chi connectivity index (χ0n) is 15.8. The van der Waals surface area contributed by atoms with Gasteiger partial charge in [0.05, 0.1) is 16.6 Å². The number of rotatable bonds is 4. The van der Waals surface area contributed by atoms with E-state index in [4.69, 9.17) is 0 Å². The zero-order valence-corrected chi connectivity index (χ0v) is 17.4. The number of para-hydroxylation sites is 2. The highest BCUT2D eigenvalue weighted by atomic mass is 79.9. The minimum absolute atomic E-state index is 0.306. The third kappa shape index (κ3) is 3.53. The number of carbonyl (C=O) groups excluding carboxylic acids is 1. The van der Waals surface area contributed by atoms with Crippen LogP contribution in [-0.4, -0.2) is 25.2 Å². The van der Waals surface area contributed by atoms with Gasteiger partial charge in [0, 0.05) is 29.0 Å². The quantitative estimate of drug-likeness (QED) is 0.405. The average molecular weight is 461 g/mol. The van der Waals surface area contributed by atoms with Gasteiger partial charge in [-0.2, -0.15) is 0 Å². The zero-order chi connectivity index (χ0) is 20.5. The van der Waals surface area contributed by atoms with Gasteiger partial charge >= 0.3 is 6.03 Å². The SMILES string of the molecule is O=C(NCc1ccc(-n2cnc3ccccc32)cc1)Nc1cc2c(Br)cccn2n1. The molecule has 3 heterocycles. The summed E-state index contributed by atoms with van der Waals surface area (Å²) in [5.41, 5.74) is 4.92. The Morgan fingerprint density at radius 2 is 1.83 bits per heavy atom. The number of hydrogen-bond donors (Lipinski definition) is 2. The molecule has 8 heteroatoms. The van der Waals surface area contributed by atoms with Gasteiger partial charge in [0.25, 0.3) is 0 Å². The van der Waals surface area contributed by atoms with Crippen molar-refractivity contribution in [3.05, 3.63) is 89.3 Å². The van der Waals surface area contributed by atoms with Crippen molar-refractivity contribution >= 4 is 44.3 Å². The van der Waals surface area contributed by atoms with Crippen molar-refractivity contribution in [2.75, 3.05) is 5.32 Å². The second kappa shape index (κ2) is 7.64. The molecule has 0 spiro atoms. The first kappa shape index (κ1) is 18.4. The van der Waals surface area contributed by atoms with E-state index in [1.165, 1.54) is 0 Å². The van der Waals surface area contributed by atoms with Crippen LogP contribution in [0.5, 0.6) is 0 Å². The molecule has 2 N–H and O–H groups in total. The Hall–Kier alpha value is -3.65. The van der Waals surface area contributed by atoms with Gasteiger partial charge in [0.1, 0.15) is 6.33 Å². The van der Waals surface area contributed by atoms with Crippen LogP contribution < -0.4 is 10.6 Å². The third-order valence-electron chi connectivity index (χ3n) is 4.81. The summed E-state index contributed by atoms with van der Waals surface area (Å²) >= 11 is 3.48. The fourth-order valence-electron chi connectivity index (χ4n) is 3.32. The number of imidazole rings is 1. The van der Waals surface area contributed by atoms with Crippen molar-refractivity contribution in [2.45, 2.75) is 6.54 Å². The molecule has 0 aliphatic carbocycles. The number of anilines is 1. The van der Waals surface area contributed by atoms with E-state index in [9.17, 15) is 4.79 Å². The maximum Gasteiger partial charge on any atom is 0.320 e. The van der Waals surface area contributed by atoms with Crippen molar-refractivity contribution in [2.24, 2.45) is 0 Å². The standard InChI is InChI=1S/C22H17BrN6O/c23-17-4-3-11-29-20(17)12-21(27-29)26-22(30)24-13-15-7-9-16(10-8-15)28-14-25-18-5-1-2-6-19(18)28/h1-12,14H,13H2,(H2,24,26,27,30). The first-order valence-corrected chi connectivity index (χ1v) is 10.2. The number of nitrogens with zero attached hydrogens (tertiary/aromatic N) is 4. The summed E-state index contributed by atoms with van der Waals surface area (Å²) < 4.78 is 4.66. The van der Waals surface area contributed by atoms with Gasteiger partial charge in [0.2, 0.25) is 0 Å². The predicted molar refractivity (Wildman–Crippen MR) is 120 cm³/mol. The highest BCUT2D eigenvalue weighted by Crippen LogP contribution is 2.20. The number of aromatic nitrogens is 4. The van der Waals surface area contributed by atoms with Gasteiger partial charge < -0.3 is 5.32 Å². The molecule has 5 rings (SSSR count). The fraction of sp³-hybridized carbons (Fsp3) is 0.0455. The van der Waals surface area contributed by atoms with Crippen LogP contribution in [0.15, 0.2) is 83.7 Å². The van der Waals surface area contributed by atoms with Crippen molar-refractivity contribution in [3.8, 4) is 5.69 Å². The Labute approximate surface area is 180 Å². The lowest BCUT2D eigenvalue weighted by molar-refractivity contribution is 0.251. The fourth-order valence-corrected chi connectivity index (χ4v) is 3.77. The number of nitrogens with one attached hydrogen (secondary N) is 2. The lowest BCUT2D eigenvalue weighted by Gasteiger charge is -2.08. The van der Waals surface area contributed by atoms with Gasteiger partial charge in [-0.1, -0.05) is 24.3 Å². The second-order valence-electron chi connectivity index (χ2n) is 6.79. The van der Waals surface area contributed by atoms with Crippen LogP contribution in [0.2, 0.25) is 0 Å². The number of halogens is 1. The molecule has 0 saturated heterocycles. The Kier molecular flexibility index (Phi) is 4.68. The number of hydrogen-bond acceptors (Lipinski definition) is 3. The Balaban J connectivity index is 1.24. The molecule has 7 nitrogen and oxygen atoms in total. The minimum atomic E-state index is -0.306. The molecule has 148 valence electrons. The van der Waals surface area contributed by atoms with E-state index in [-0.39, 0.29) is 6.03 Å². The second-order valence-corrected chi connectivity index (χ2v) is 7.65. The highest BCUT2D eigenvalue weighted by molar-refractivity contribution is 9.10. The van der Waals surface area contributed by atoms with Crippen LogP contribution >= 0.6 is 15.9 Å². The molecule has 0 fully saturated rings. The monoisotopic (exact) mass is 460 g/mol. The number of benzene rings is 2. The first-order chi connectivity index (χ1) is 14.7. The van der Waals surface area contributed by atoms with Gasteiger partial charge in [-0.25, -0.2) is 14.3 Å². The van der Waals surface area contributed by atoms with E-state index in [1.807, 2.05) is 83.8 Å². The first-order valence-electron chi connectivity index (χ1n) is 9.37. The number of fused-ring (bicyclic) bond motifs is 2. The third-order valence-corrected chi connectivity index (χ3v) is 5.48. The van der Waals surface area contributed by atoms with E-state index in [2.05, 4.69) is 36.6 Å². The van der Waals surface area contributed by atoms with E-state index < -0.39 is 0 Å². The van der Waals surface area contributed by atoms with Crippen LogP contribution in [0.1, 0.15) is 5.56 Å². The summed E-state index contributed by atoms with van der Waals surface area (Å²) in [4.78, 5) is 16.7. The number of amides is 2. The van der Waals surface area contributed by atoms with Crippen molar-refractivity contribution in [3.63, 3.8) is 0 Å². The van der Waals surface area contributed by atoms with Crippen molar-refractivity contribution < 1.29 is 4.79 Å². The largest absolute Gasteiger partial charge is 0.334 e. The molecule has 30 heavy (non-hydrogen) atoms. The molecule has 3 aromatic heterocycles. The average Bonchev–Trinajstić information content (AvgIpc) is 3.37. The van der Waals surface area contributed by atoms with Gasteiger partial charge in [-0.15, -0.1) is 5.10 Å². The Morgan fingerprint density at radius 1 is 1.00 bits per heavy atom. The summed E-state index contributed by atoms with van der Waals surface area (Å²) in [6, 6.07) is 21.3. The molecular formula is C22H17BrN6O. The molecule has 0 bridgehead atoms. The summed E-state index contributed by atoms with van der Waals surface area (Å²) in [7, 11) is 0. The molecule has 0 aliphatic heterocycles.